The number of carbonyl (C=O) groups is 2. The van der Waals surface area contributed by atoms with Gasteiger partial charge in [0.15, 0.2) is 0 Å². The van der Waals surface area contributed by atoms with Gasteiger partial charge in [0.05, 0.1) is 12.2 Å². The van der Waals surface area contributed by atoms with Crippen LogP contribution in [-0.4, -0.2) is 36.2 Å². The van der Waals surface area contributed by atoms with Crippen LogP contribution in [0, 0.1) is 5.92 Å². The van der Waals surface area contributed by atoms with Crippen LogP contribution in [0.25, 0.3) is 0 Å². The molecule has 0 unspecified atom stereocenters. The minimum atomic E-state index is -1.06. The number of carboxylic acids is 1. The Bertz CT molecular complexity index is 344. The topological polar surface area (TPSA) is 106 Å². The molecule has 0 radical (unpaired) electrons. The maximum atomic E-state index is 11.3. The predicted molar refractivity (Wildman–Crippen MR) is 71.3 cm³/mol. The SMILES string of the molecule is CCC(CC)O[C@@H]1C[C@@H](C(=O)[O-])C[C@H]([NH3+])[C@H]1NC(C)=O. The van der Waals surface area contributed by atoms with Gasteiger partial charge in [0.2, 0.25) is 5.91 Å². The second kappa shape index (κ2) is 7.59. The summed E-state index contributed by atoms with van der Waals surface area (Å²) in [6.07, 6.45) is 2.26. The van der Waals surface area contributed by atoms with E-state index in [1.54, 1.807) is 0 Å². The summed E-state index contributed by atoms with van der Waals surface area (Å²) in [7, 11) is 0. The lowest BCUT2D eigenvalue weighted by Crippen LogP contribution is -2.75. The van der Waals surface area contributed by atoms with Gasteiger partial charge >= 0.3 is 0 Å². The van der Waals surface area contributed by atoms with E-state index in [-0.39, 0.29) is 30.2 Å². The first-order valence-electron chi connectivity index (χ1n) is 7.35. The molecule has 0 bridgehead atoms. The van der Waals surface area contributed by atoms with E-state index in [1.807, 2.05) is 13.8 Å². The van der Waals surface area contributed by atoms with Gasteiger partial charge < -0.3 is 25.7 Å². The first-order chi connectivity index (χ1) is 9.38. The smallest absolute Gasteiger partial charge is 0.217 e. The summed E-state index contributed by atoms with van der Waals surface area (Å²) in [6, 6.07) is -0.418. The Morgan fingerprint density at radius 3 is 2.40 bits per heavy atom. The molecule has 0 spiro atoms. The molecule has 4 N–H and O–H groups in total. The summed E-state index contributed by atoms with van der Waals surface area (Å²) >= 11 is 0. The van der Waals surface area contributed by atoms with Gasteiger partial charge in [-0.1, -0.05) is 13.8 Å². The summed E-state index contributed by atoms with van der Waals surface area (Å²) < 4.78 is 6.01. The average molecular weight is 286 g/mol. The number of aliphatic carboxylic acids is 1. The molecule has 1 fully saturated rings. The Kier molecular flexibility index (Phi) is 6.42. The van der Waals surface area contributed by atoms with Gasteiger partial charge in [-0.3, -0.25) is 4.79 Å². The van der Waals surface area contributed by atoms with E-state index < -0.39 is 11.9 Å². The molecule has 6 nitrogen and oxygen atoms in total. The Balaban J connectivity index is 2.83. The number of hydrogen-bond acceptors (Lipinski definition) is 4. The molecule has 0 aromatic carbocycles. The zero-order chi connectivity index (χ0) is 15.3. The molecule has 1 rings (SSSR count). The molecule has 1 saturated carbocycles. The van der Waals surface area contributed by atoms with Crippen LogP contribution in [0.3, 0.4) is 0 Å². The van der Waals surface area contributed by atoms with Gasteiger partial charge in [-0.15, -0.1) is 0 Å². The molecule has 0 saturated heterocycles. The van der Waals surface area contributed by atoms with Crippen LogP contribution in [0.1, 0.15) is 46.5 Å². The molecule has 1 amide bonds. The van der Waals surface area contributed by atoms with Crippen LogP contribution in [0.5, 0.6) is 0 Å². The van der Waals surface area contributed by atoms with E-state index >= 15 is 0 Å². The average Bonchev–Trinajstić information content (AvgIpc) is 2.38. The summed E-state index contributed by atoms with van der Waals surface area (Å²) in [5, 5.41) is 14.0. The highest BCUT2D eigenvalue weighted by Gasteiger charge is 2.40. The van der Waals surface area contributed by atoms with Crippen molar-refractivity contribution >= 4 is 11.9 Å². The first kappa shape index (κ1) is 16.9. The highest BCUT2D eigenvalue weighted by molar-refractivity contribution is 5.73. The maximum absolute atomic E-state index is 11.3. The summed E-state index contributed by atoms with van der Waals surface area (Å²) in [5.74, 6) is -1.76. The van der Waals surface area contributed by atoms with Crippen LogP contribution >= 0.6 is 0 Å². The lowest BCUT2D eigenvalue weighted by Gasteiger charge is -2.40. The van der Waals surface area contributed by atoms with Crippen LogP contribution in [-0.2, 0) is 14.3 Å². The molecule has 116 valence electrons. The molecule has 1 aliphatic rings. The normalized spacial score (nSPS) is 30.2. The Morgan fingerprint density at radius 2 is 1.95 bits per heavy atom. The summed E-state index contributed by atoms with van der Waals surface area (Å²) in [4.78, 5) is 22.4. The van der Waals surface area contributed by atoms with Crippen LogP contribution in [0.4, 0.5) is 0 Å². The Labute approximate surface area is 120 Å². The molecular formula is C14H26N2O4. The molecule has 0 aromatic rings. The van der Waals surface area contributed by atoms with Crippen molar-refractivity contribution in [3.8, 4) is 0 Å². The van der Waals surface area contributed by atoms with Crippen molar-refractivity contribution in [3.05, 3.63) is 0 Å². The molecule has 0 heterocycles. The van der Waals surface area contributed by atoms with E-state index in [4.69, 9.17) is 4.74 Å². The van der Waals surface area contributed by atoms with E-state index in [0.717, 1.165) is 12.8 Å². The third-order valence-corrected chi connectivity index (χ3v) is 3.99. The van der Waals surface area contributed by atoms with Crippen molar-refractivity contribution in [1.29, 1.82) is 0 Å². The van der Waals surface area contributed by atoms with Crippen LogP contribution in [0.2, 0.25) is 0 Å². The van der Waals surface area contributed by atoms with Crippen molar-refractivity contribution in [2.24, 2.45) is 5.92 Å². The quantitative estimate of drug-likeness (QED) is 0.642. The Hall–Kier alpha value is -1.14. The molecule has 4 atom stereocenters. The number of carbonyl (C=O) groups excluding carboxylic acids is 2. The second-order valence-electron chi connectivity index (χ2n) is 5.59. The third kappa shape index (κ3) is 4.45. The minimum absolute atomic E-state index is 0.0731. The van der Waals surface area contributed by atoms with Crippen molar-refractivity contribution in [2.45, 2.75) is 70.7 Å². The molecule has 0 aliphatic heterocycles. The zero-order valence-corrected chi connectivity index (χ0v) is 12.6. The van der Waals surface area contributed by atoms with E-state index in [2.05, 4.69) is 11.1 Å². The second-order valence-corrected chi connectivity index (χ2v) is 5.59. The highest BCUT2D eigenvalue weighted by atomic mass is 16.5. The molecule has 0 aromatic heterocycles. The van der Waals surface area contributed by atoms with Gasteiger partial charge in [-0.05, 0) is 19.3 Å². The standard InChI is InChI=1S/C14H26N2O4/c1-4-10(5-2)20-12-7-9(14(18)19)6-11(15)13(12)16-8(3)17/h9-13H,4-7,15H2,1-3H3,(H,16,17)(H,18,19)/t9-,11-,12+,13+/m0/s1. The number of nitrogens with one attached hydrogen (secondary N) is 1. The maximum Gasteiger partial charge on any atom is 0.217 e. The minimum Gasteiger partial charge on any atom is -0.550 e. The van der Waals surface area contributed by atoms with E-state index in [9.17, 15) is 14.7 Å². The third-order valence-electron chi connectivity index (χ3n) is 3.99. The molecular weight excluding hydrogens is 260 g/mol. The van der Waals surface area contributed by atoms with Crippen LogP contribution < -0.4 is 16.2 Å². The largest absolute Gasteiger partial charge is 0.550 e. The van der Waals surface area contributed by atoms with Crippen LogP contribution in [0.15, 0.2) is 0 Å². The molecule has 20 heavy (non-hydrogen) atoms. The van der Waals surface area contributed by atoms with Crippen molar-refractivity contribution in [3.63, 3.8) is 0 Å². The lowest BCUT2D eigenvalue weighted by molar-refractivity contribution is -0.439. The van der Waals surface area contributed by atoms with Crippen molar-refractivity contribution < 1.29 is 25.2 Å². The van der Waals surface area contributed by atoms with Gasteiger partial charge in [0.25, 0.3) is 0 Å². The monoisotopic (exact) mass is 286 g/mol. The number of ether oxygens (including phenoxy) is 1. The number of rotatable bonds is 6. The van der Waals surface area contributed by atoms with E-state index in [0.29, 0.717) is 12.8 Å². The van der Waals surface area contributed by atoms with Gasteiger partial charge in [-0.25, -0.2) is 0 Å². The number of amides is 1. The number of quaternary nitrogens is 1. The zero-order valence-electron chi connectivity index (χ0n) is 12.6. The first-order valence-corrected chi connectivity index (χ1v) is 7.35. The predicted octanol–water partition coefficient (Wildman–Crippen LogP) is -1.16. The summed E-state index contributed by atoms with van der Waals surface area (Å²) in [5.41, 5.74) is 3.99. The fourth-order valence-electron chi connectivity index (χ4n) is 2.85. The fourth-order valence-corrected chi connectivity index (χ4v) is 2.85. The number of hydrogen-bond donors (Lipinski definition) is 2. The number of carboxylic acid groups (broad SMARTS) is 1. The van der Waals surface area contributed by atoms with Crippen molar-refractivity contribution in [2.75, 3.05) is 0 Å². The molecule has 6 heteroatoms. The van der Waals surface area contributed by atoms with Crippen molar-refractivity contribution in [1.82, 2.24) is 5.32 Å². The fraction of sp³-hybridized carbons (Fsp3) is 0.857. The van der Waals surface area contributed by atoms with Gasteiger partial charge in [0, 0.05) is 25.2 Å². The Morgan fingerprint density at radius 1 is 1.35 bits per heavy atom. The molecule has 1 aliphatic carbocycles. The highest BCUT2D eigenvalue weighted by Crippen LogP contribution is 2.27. The summed E-state index contributed by atoms with van der Waals surface area (Å²) in [6.45, 7) is 5.51. The lowest BCUT2D eigenvalue weighted by atomic mass is 9.80. The van der Waals surface area contributed by atoms with Gasteiger partial charge in [-0.2, -0.15) is 0 Å². The van der Waals surface area contributed by atoms with Gasteiger partial charge in [0.1, 0.15) is 12.1 Å². The van der Waals surface area contributed by atoms with E-state index in [1.165, 1.54) is 6.92 Å².